The fourth-order valence-electron chi connectivity index (χ4n) is 5.71. The lowest BCUT2D eigenvalue weighted by Crippen LogP contribution is -2.48. The van der Waals surface area contributed by atoms with Crippen molar-refractivity contribution in [3.63, 3.8) is 0 Å². The molecule has 1 fully saturated rings. The number of benzene rings is 3. The van der Waals surface area contributed by atoms with E-state index in [-0.39, 0.29) is 30.0 Å². The SMILES string of the molecule is O=C(CN(CC1CCCO1)S(=O)(=O)c1cccc2ccccc12)N1CCc2sccc2C1c1ccc(Cl)cc1Cl. The Morgan fingerprint density at radius 3 is 2.67 bits per heavy atom. The van der Waals surface area contributed by atoms with Crippen LogP contribution in [0.25, 0.3) is 10.8 Å². The molecule has 208 valence electrons. The second kappa shape index (κ2) is 11.4. The van der Waals surface area contributed by atoms with Crippen LogP contribution in [0.15, 0.2) is 77.0 Å². The molecule has 0 saturated carbocycles. The van der Waals surface area contributed by atoms with E-state index in [9.17, 15) is 13.2 Å². The molecule has 0 radical (unpaired) electrons. The molecule has 0 aliphatic carbocycles. The van der Waals surface area contributed by atoms with Crippen molar-refractivity contribution in [2.75, 3.05) is 26.2 Å². The minimum atomic E-state index is -4.03. The molecule has 4 aromatic rings. The van der Waals surface area contributed by atoms with Gasteiger partial charge in [0.2, 0.25) is 15.9 Å². The zero-order valence-electron chi connectivity index (χ0n) is 21.6. The fraction of sp³-hybridized carbons (Fsp3) is 0.300. The van der Waals surface area contributed by atoms with Gasteiger partial charge in [0.05, 0.1) is 23.6 Å². The maximum absolute atomic E-state index is 14.2. The van der Waals surface area contributed by atoms with Crippen LogP contribution in [0.5, 0.6) is 0 Å². The van der Waals surface area contributed by atoms with Crippen molar-refractivity contribution in [2.24, 2.45) is 0 Å². The third-order valence-corrected chi connectivity index (χ3v) is 11.1. The normalized spacial score (nSPS) is 19.3. The molecule has 1 amide bonds. The van der Waals surface area contributed by atoms with Crippen LogP contribution in [0.3, 0.4) is 0 Å². The first-order chi connectivity index (χ1) is 19.3. The second-order valence-corrected chi connectivity index (χ2v) is 13.9. The Bertz CT molecular complexity index is 1660. The molecule has 40 heavy (non-hydrogen) atoms. The molecular weight excluding hydrogens is 587 g/mol. The Hall–Kier alpha value is -2.46. The van der Waals surface area contributed by atoms with Gasteiger partial charge >= 0.3 is 0 Å². The summed E-state index contributed by atoms with van der Waals surface area (Å²) in [6.07, 6.45) is 2.05. The quantitative estimate of drug-likeness (QED) is 0.237. The molecule has 3 heterocycles. The average molecular weight is 616 g/mol. The van der Waals surface area contributed by atoms with Crippen LogP contribution in [0.2, 0.25) is 10.0 Å². The van der Waals surface area contributed by atoms with E-state index in [0.717, 1.165) is 29.4 Å². The molecule has 2 atom stereocenters. The zero-order chi connectivity index (χ0) is 27.9. The maximum Gasteiger partial charge on any atom is 0.244 e. The number of carbonyl (C=O) groups excluding carboxylic acids is 1. The summed E-state index contributed by atoms with van der Waals surface area (Å²) in [6, 6.07) is 19.5. The molecule has 0 N–H and O–H groups in total. The monoisotopic (exact) mass is 614 g/mol. The molecule has 1 saturated heterocycles. The van der Waals surface area contributed by atoms with Gasteiger partial charge in [0.15, 0.2) is 0 Å². The first-order valence-electron chi connectivity index (χ1n) is 13.2. The molecular formula is C30H28Cl2N2O4S2. The first kappa shape index (κ1) is 27.7. The molecule has 0 spiro atoms. The summed E-state index contributed by atoms with van der Waals surface area (Å²) < 4.78 is 35.6. The topological polar surface area (TPSA) is 66.9 Å². The number of carbonyl (C=O) groups is 1. The Morgan fingerprint density at radius 2 is 1.88 bits per heavy atom. The van der Waals surface area contributed by atoms with Crippen LogP contribution < -0.4 is 0 Å². The lowest BCUT2D eigenvalue weighted by molar-refractivity contribution is -0.133. The first-order valence-corrected chi connectivity index (χ1v) is 16.3. The van der Waals surface area contributed by atoms with Crippen LogP contribution in [0.4, 0.5) is 0 Å². The fourth-order valence-corrected chi connectivity index (χ4v) is 8.76. The predicted octanol–water partition coefficient (Wildman–Crippen LogP) is 6.55. The highest BCUT2D eigenvalue weighted by Crippen LogP contribution is 2.41. The summed E-state index contributed by atoms with van der Waals surface area (Å²) in [5, 5.41) is 4.45. The van der Waals surface area contributed by atoms with Gasteiger partial charge in [-0.2, -0.15) is 4.31 Å². The van der Waals surface area contributed by atoms with Crippen molar-refractivity contribution in [3.05, 3.63) is 98.2 Å². The molecule has 3 aromatic carbocycles. The molecule has 2 aliphatic rings. The number of hydrogen-bond acceptors (Lipinski definition) is 5. The van der Waals surface area contributed by atoms with Crippen LogP contribution in [0, 0.1) is 0 Å². The highest BCUT2D eigenvalue weighted by molar-refractivity contribution is 7.89. The van der Waals surface area contributed by atoms with Gasteiger partial charge in [0, 0.05) is 40.0 Å². The number of rotatable bonds is 7. The third-order valence-electron chi connectivity index (χ3n) is 7.65. The lowest BCUT2D eigenvalue weighted by atomic mass is 9.93. The van der Waals surface area contributed by atoms with E-state index in [1.807, 2.05) is 41.8 Å². The minimum Gasteiger partial charge on any atom is -0.377 e. The number of halogens is 2. The van der Waals surface area contributed by atoms with Crippen molar-refractivity contribution >= 4 is 61.2 Å². The Labute approximate surface area is 248 Å². The number of hydrogen-bond donors (Lipinski definition) is 0. The number of fused-ring (bicyclic) bond motifs is 2. The van der Waals surface area contributed by atoms with Gasteiger partial charge in [-0.3, -0.25) is 4.79 Å². The number of sulfonamides is 1. The van der Waals surface area contributed by atoms with Crippen molar-refractivity contribution in [1.29, 1.82) is 0 Å². The van der Waals surface area contributed by atoms with Crippen LogP contribution in [-0.2, 0) is 26.0 Å². The van der Waals surface area contributed by atoms with E-state index in [2.05, 4.69) is 0 Å². The number of amides is 1. The molecule has 6 nitrogen and oxygen atoms in total. The summed E-state index contributed by atoms with van der Waals surface area (Å²) in [5.74, 6) is -0.283. The summed E-state index contributed by atoms with van der Waals surface area (Å²) in [5.41, 5.74) is 1.78. The van der Waals surface area contributed by atoms with Gasteiger partial charge < -0.3 is 9.64 Å². The van der Waals surface area contributed by atoms with Crippen molar-refractivity contribution in [2.45, 2.75) is 36.3 Å². The number of thiophene rings is 1. The van der Waals surface area contributed by atoms with Crippen molar-refractivity contribution in [3.8, 4) is 0 Å². The standard InChI is InChI=1S/C30H28Cl2N2O4S2/c31-21-10-11-24(26(32)17-21)30-25-13-16-39-27(25)12-14-34(30)29(35)19-33(18-22-7-4-15-38-22)40(36,37)28-9-3-6-20-5-1-2-8-23(20)28/h1-3,5-6,8-11,13,16-17,22,30H,4,7,12,14-15,18-19H2. The largest absolute Gasteiger partial charge is 0.377 e. The van der Waals surface area contributed by atoms with Gasteiger partial charge in [0.25, 0.3) is 0 Å². The van der Waals surface area contributed by atoms with Gasteiger partial charge in [-0.1, -0.05) is 65.7 Å². The minimum absolute atomic E-state index is 0.112. The van der Waals surface area contributed by atoms with E-state index in [0.29, 0.717) is 35.0 Å². The van der Waals surface area contributed by atoms with E-state index in [1.165, 1.54) is 9.18 Å². The Balaban J connectivity index is 1.37. The van der Waals surface area contributed by atoms with Crippen LogP contribution >= 0.6 is 34.5 Å². The van der Waals surface area contributed by atoms with Gasteiger partial charge in [0.1, 0.15) is 0 Å². The summed E-state index contributed by atoms with van der Waals surface area (Å²) in [7, 11) is -4.03. The molecule has 2 unspecified atom stereocenters. The summed E-state index contributed by atoms with van der Waals surface area (Å²) in [4.78, 5) is 17.3. The Morgan fingerprint density at radius 1 is 1.05 bits per heavy atom. The summed E-state index contributed by atoms with van der Waals surface area (Å²) in [6.45, 7) is 0.858. The molecule has 2 aliphatic heterocycles. The van der Waals surface area contributed by atoms with E-state index in [1.54, 1.807) is 46.6 Å². The van der Waals surface area contributed by atoms with Gasteiger partial charge in [-0.15, -0.1) is 11.3 Å². The highest BCUT2D eigenvalue weighted by atomic mass is 35.5. The lowest BCUT2D eigenvalue weighted by Gasteiger charge is -2.38. The summed E-state index contributed by atoms with van der Waals surface area (Å²) >= 11 is 14.5. The number of ether oxygens (including phenoxy) is 1. The van der Waals surface area contributed by atoms with Crippen molar-refractivity contribution < 1.29 is 17.9 Å². The van der Waals surface area contributed by atoms with E-state index in [4.69, 9.17) is 27.9 Å². The van der Waals surface area contributed by atoms with Gasteiger partial charge in [-0.25, -0.2) is 8.42 Å². The molecule has 6 rings (SSSR count). The van der Waals surface area contributed by atoms with Crippen molar-refractivity contribution in [1.82, 2.24) is 9.21 Å². The zero-order valence-corrected chi connectivity index (χ0v) is 24.8. The Kier molecular flexibility index (Phi) is 7.92. The number of nitrogens with zero attached hydrogens (tertiary/aromatic N) is 2. The molecule has 10 heteroatoms. The third kappa shape index (κ3) is 5.29. The van der Waals surface area contributed by atoms with E-state index >= 15 is 0 Å². The van der Waals surface area contributed by atoms with Gasteiger partial charge in [-0.05, 0) is 65.4 Å². The average Bonchev–Trinajstić information content (AvgIpc) is 3.64. The highest BCUT2D eigenvalue weighted by Gasteiger charge is 2.38. The molecule has 1 aromatic heterocycles. The van der Waals surface area contributed by atoms with Crippen LogP contribution in [0.1, 0.15) is 34.9 Å². The smallest absolute Gasteiger partial charge is 0.244 e. The molecule has 0 bridgehead atoms. The predicted molar refractivity (Wildman–Crippen MR) is 160 cm³/mol. The second-order valence-electron chi connectivity index (χ2n) is 10.1. The maximum atomic E-state index is 14.2. The van der Waals surface area contributed by atoms with E-state index < -0.39 is 16.1 Å². The van der Waals surface area contributed by atoms with Crippen LogP contribution in [-0.4, -0.2) is 55.9 Å².